The third-order valence-corrected chi connectivity index (χ3v) is 12.9. The van der Waals surface area contributed by atoms with Crippen molar-refractivity contribution in [3.63, 3.8) is 0 Å². The van der Waals surface area contributed by atoms with E-state index in [2.05, 4.69) is 50.9 Å². The molecule has 10 rings (SSSR count). The Labute approximate surface area is 364 Å². The molecule has 7 aromatic rings. The Bertz CT molecular complexity index is 2760. The summed E-state index contributed by atoms with van der Waals surface area (Å²) in [5.41, 5.74) is 4.72. The summed E-state index contributed by atoms with van der Waals surface area (Å²) in [6.45, 7) is 3.75. The van der Waals surface area contributed by atoms with Crippen LogP contribution in [0.4, 0.5) is 8.78 Å². The molecule has 2 saturated heterocycles. The molecule has 3 aliphatic rings. The quantitative estimate of drug-likeness (QED) is 0.127. The van der Waals surface area contributed by atoms with Crippen molar-refractivity contribution in [3.8, 4) is 0 Å². The second-order valence-electron chi connectivity index (χ2n) is 17.3. The molecule has 3 aromatic carbocycles. The van der Waals surface area contributed by atoms with Crippen LogP contribution in [0.15, 0.2) is 101 Å². The van der Waals surface area contributed by atoms with E-state index in [1.165, 1.54) is 68.4 Å². The van der Waals surface area contributed by atoms with Gasteiger partial charge in [-0.2, -0.15) is 0 Å². The van der Waals surface area contributed by atoms with Crippen LogP contribution in [-0.4, -0.2) is 64.8 Å². The fraction of sp³-hybridized carbons (Fsp3) is 0.429. The zero-order valence-electron chi connectivity index (χ0n) is 35.6. The number of fused-ring (bicyclic) bond motifs is 2. The number of rotatable bonds is 10. The van der Waals surface area contributed by atoms with Gasteiger partial charge in [0.15, 0.2) is 0 Å². The molecule has 1 saturated carbocycles. The molecule has 3 fully saturated rings. The number of nitrogens with zero attached hydrogens (tertiary/aromatic N) is 8. The Hall–Kier alpha value is -5.86. The largest absolute Gasteiger partial charge is 0.381 e. The summed E-state index contributed by atoms with van der Waals surface area (Å²) in [6, 6.07) is 22.9. The van der Waals surface area contributed by atoms with Crippen LogP contribution >= 0.6 is 0 Å². The van der Waals surface area contributed by atoms with E-state index < -0.39 is 0 Å². The van der Waals surface area contributed by atoms with Crippen molar-refractivity contribution in [2.75, 3.05) is 26.4 Å². The minimum Gasteiger partial charge on any atom is -0.381 e. The van der Waals surface area contributed by atoms with E-state index >= 15 is 0 Å². The molecule has 6 heterocycles. The minimum atomic E-state index is -0.368. The van der Waals surface area contributed by atoms with Gasteiger partial charge < -0.3 is 18.6 Å². The lowest BCUT2D eigenvalue weighted by molar-refractivity contribution is 0.0833. The summed E-state index contributed by atoms with van der Waals surface area (Å²) in [5, 5.41) is 17.3. The molecular weight excluding hydrogens is 803 g/mol. The summed E-state index contributed by atoms with van der Waals surface area (Å²) in [4.78, 5) is 27.0. The number of ether oxygens (including phenoxy) is 2. The number of aromatic nitrogens is 8. The zero-order valence-corrected chi connectivity index (χ0v) is 35.6. The molecule has 0 bridgehead atoms. The minimum absolute atomic E-state index is 0.00323. The number of hydrogen-bond acceptors (Lipinski definition) is 8. The lowest BCUT2D eigenvalue weighted by Crippen LogP contribution is -2.29. The number of benzene rings is 3. The standard InChI is InChI=1S/C25H32N4O2.C24H22F2N4O2/c30-25-24-27-26-23(21-12-14-31-15-13-21)29(24)18-22(16-19-8-6-3-7-9-19)28(25)17-20-10-4-1-2-5-11-20;25-19-5-1-3-16(11-19)13-21-15-30-22(18-7-9-32-10-8-18)27-28-23(30)24(31)29(21)14-17-4-2-6-20(26)12-17/h3,6-9,18,20-21H,1-2,4-5,10-17H2;1-6,11-12,15,18H,7-10,13-14H2. The van der Waals surface area contributed by atoms with E-state index in [0.29, 0.717) is 48.4 Å². The smallest absolute Gasteiger partial charge is 0.296 e. The molecular formula is C49H54F2N8O4. The fourth-order valence-corrected chi connectivity index (χ4v) is 9.50. The maximum Gasteiger partial charge on any atom is 0.296 e. The molecule has 0 atom stereocenters. The normalized spacial score (nSPS) is 16.9. The summed E-state index contributed by atoms with van der Waals surface area (Å²) in [5.74, 6) is 1.95. The fourth-order valence-electron chi connectivity index (χ4n) is 9.50. The highest BCUT2D eigenvalue weighted by atomic mass is 19.1. The van der Waals surface area contributed by atoms with Crippen LogP contribution in [0, 0.1) is 17.6 Å². The van der Waals surface area contributed by atoms with Gasteiger partial charge in [0, 0.05) is 81.4 Å². The second kappa shape index (κ2) is 19.7. The molecule has 0 amide bonds. The average Bonchev–Trinajstić information content (AvgIpc) is 3.84. The molecule has 2 aliphatic heterocycles. The summed E-state index contributed by atoms with van der Waals surface area (Å²) in [6.07, 6.45) is 16.2. The SMILES string of the molecule is O=c1c2nnc(C3CCOCC3)n2cc(Cc2cccc(F)c2)n1Cc1cccc(F)c1.O=c1c2nnc(C3CCOCC3)n2cc(Cc2ccccc2)n1CC1CCCCCC1. The second-order valence-corrected chi connectivity index (χ2v) is 17.3. The van der Waals surface area contributed by atoms with Gasteiger partial charge in [-0.15, -0.1) is 20.4 Å². The molecule has 1 aliphatic carbocycles. The van der Waals surface area contributed by atoms with Crippen LogP contribution in [0.2, 0.25) is 0 Å². The van der Waals surface area contributed by atoms with Crippen molar-refractivity contribution >= 4 is 11.3 Å². The molecule has 328 valence electrons. The zero-order chi connectivity index (χ0) is 43.1. The first kappa shape index (κ1) is 42.4. The molecule has 0 radical (unpaired) electrons. The summed E-state index contributed by atoms with van der Waals surface area (Å²) < 4.78 is 45.8. The lowest BCUT2D eigenvalue weighted by atomic mass is 9.99. The van der Waals surface area contributed by atoms with E-state index in [1.807, 2.05) is 27.3 Å². The van der Waals surface area contributed by atoms with Crippen molar-refractivity contribution in [2.24, 2.45) is 5.92 Å². The Kier molecular flexibility index (Phi) is 13.3. The Morgan fingerprint density at radius 3 is 1.60 bits per heavy atom. The first-order chi connectivity index (χ1) is 30.9. The van der Waals surface area contributed by atoms with Crippen LogP contribution in [0.25, 0.3) is 11.3 Å². The van der Waals surface area contributed by atoms with Crippen molar-refractivity contribution in [3.05, 3.63) is 163 Å². The predicted molar refractivity (Wildman–Crippen MR) is 235 cm³/mol. The molecule has 12 nitrogen and oxygen atoms in total. The molecule has 0 spiro atoms. The van der Waals surface area contributed by atoms with Gasteiger partial charge in [0.1, 0.15) is 23.3 Å². The average molecular weight is 857 g/mol. The Morgan fingerprint density at radius 2 is 1.03 bits per heavy atom. The van der Waals surface area contributed by atoms with Crippen LogP contribution in [0.3, 0.4) is 0 Å². The van der Waals surface area contributed by atoms with E-state index in [0.717, 1.165) is 74.8 Å². The maximum atomic E-state index is 13.8. The van der Waals surface area contributed by atoms with Crippen molar-refractivity contribution in [2.45, 2.75) is 102 Å². The first-order valence-electron chi connectivity index (χ1n) is 22.5. The summed E-state index contributed by atoms with van der Waals surface area (Å²) in [7, 11) is 0. The van der Waals surface area contributed by atoms with Gasteiger partial charge in [0.25, 0.3) is 11.1 Å². The van der Waals surface area contributed by atoms with Crippen molar-refractivity contribution < 1.29 is 18.3 Å². The third-order valence-electron chi connectivity index (χ3n) is 12.9. The molecule has 14 heteroatoms. The van der Waals surface area contributed by atoms with E-state index in [9.17, 15) is 18.4 Å². The van der Waals surface area contributed by atoms with Crippen molar-refractivity contribution in [1.29, 1.82) is 0 Å². The Morgan fingerprint density at radius 1 is 0.540 bits per heavy atom. The third kappa shape index (κ3) is 9.87. The van der Waals surface area contributed by atoms with E-state index in [1.54, 1.807) is 27.2 Å². The maximum absolute atomic E-state index is 13.8. The monoisotopic (exact) mass is 856 g/mol. The van der Waals surface area contributed by atoms with Gasteiger partial charge >= 0.3 is 0 Å². The summed E-state index contributed by atoms with van der Waals surface area (Å²) >= 11 is 0. The molecule has 4 aromatic heterocycles. The number of halogens is 2. The Balaban J connectivity index is 0.000000160. The van der Waals surface area contributed by atoms with Crippen LogP contribution in [-0.2, 0) is 35.4 Å². The molecule has 0 N–H and O–H groups in total. The van der Waals surface area contributed by atoms with Crippen LogP contribution in [0.5, 0.6) is 0 Å². The highest BCUT2D eigenvalue weighted by molar-refractivity contribution is 5.40. The van der Waals surface area contributed by atoms with Crippen LogP contribution in [0.1, 0.15) is 116 Å². The lowest BCUT2D eigenvalue weighted by Gasteiger charge is -2.22. The highest BCUT2D eigenvalue weighted by Gasteiger charge is 2.26. The molecule has 0 unspecified atom stereocenters. The van der Waals surface area contributed by atoms with Gasteiger partial charge in [-0.1, -0.05) is 80.3 Å². The topological polar surface area (TPSA) is 123 Å². The van der Waals surface area contributed by atoms with Gasteiger partial charge in [0.05, 0.1) is 6.54 Å². The molecule has 63 heavy (non-hydrogen) atoms. The van der Waals surface area contributed by atoms with Gasteiger partial charge in [-0.25, -0.2) is 8.78 Å². The van der Waals surface area contributed by atoms with E-state index in [-0.39, 0.29) is 40.9 Å². The highest BCUT2D eigenvalue weighted by Crippen LogP contribution is 2.29. The van der Waals surface area contributed by atoms with Gasteiger partial charge in [-0.3, -0.25) is 18.4 Å². The van der Waals surface area contributed by atoms with E-state index in [4.69, 9.17) is 9.47 Å². The number of hydrogen-bond donors (Lipinski definition) is 0. The van der Waals surface area contributed by atoms with Gasteiger partial charge in [-0.05, 0) is 85.4 Å². The first-order valence-corrected chi connectivity index (χ1v) is 22.5. The van der Waals surface area contributed by atoms with Gasteiger partial charge in [0.2, 0.25) is 11.3 Å². The van der Waals surface area contributed by atoms with Crippen LogP contribution < -0.4 is 11.1 Å². The van der Waals surface area contributed by atoms with Crippen molar-refractivity contribution in [1.82, 2.24) is 38.3 Å². The predicted octanol–water partition coefficient (Wildman–Crippen LogP) is 8.05.